The molecule has 0 N–H and O–H groups in total. The van der Waals surface area contributed by atoms with Crippen molar-refractivity contribution < 1.29 is 0 Å². The third-order valence-electron chi connectivity index (χ3n) is 1.52. The van der Waals surface area contributed by atoms with Gasteiger partial charge in [-0.3, -0.25) is 0 Å². The number of hydrogen-bond acceptors (Lipinski definition) is 0. The largest absolute Gasteiger partial charge is 0.103 e. The summed E-state index contributed by atoms with van der Waals surface area (Å²) in [5.41, 5.74) is 1.66. The van der Waals surface area contributed by atoms with E-state index in [1.165, 1.54) is 25.7 Å². The Bertz CT molecular complexity index is 114. The van der Waals surface area contributed by atoms with E-state index in [1.54, 1.807) is 5.57 Å². The Morgan fingerprint density at radius 3 is 2.09 bits per heavy atom. The van der Waals surface area contributed by atoms with Crippen LogP contribution in [0.15, 0.2) is 24.3 Å². The Balaban J connectivity index is 0.000000187. The van der Waals surface area contributed by atoms with Gasteiger partial charge in [-0.15, -0.1) is 6.58 Å². The monoisotopic (exact) mass is 152 g/mol. The predicted octanol–water partition coefficient (Wildman–Crippen LogP) is 4.09. The molecule has 64 valence electrons. The van der Waals surface area contributed by atoms with Crippen molar-refractivity contribution in [3.05, 3.63) is 24.3 Å². The Morgan fingerprint density at radius 1 is 1.36 bits per heavy atom. The van der Waals surface area contributed by atoms with Gasteiger partial charge >= 0.3 is 0 Å². The average Bonchev–Trinajstić information content (AvgIpc) is 2.76. The van der Waals surface area contributed by atoms with Crippen LogP contribution in [0.1, 0.15) is 46.0 Å². The lowest BCUT2D eigenvalue weighted by molar-refractivity contribution is 0.961. The Kier molecular flexibility index (Phi) is 7.23. The molecule has 1 rings (SSSR count). The molecule has 0 radical (unpaired) electrons. The van der Waals surface area contributed by atoms with Crippen LogP contribution in [0.25, 0.3) is 0 Å². The van der Waals surface area contributed by atoms with E-state index < -0.39 is 0 Å². The molecule has 0 amide bonds. The zero-order valence-corrected chi connectivity index (χ0v) is 7.90. The predicted molar refractivity (Wildman–Crippen MR) is 52.7 cm³/mol. The molecule has 0 bridgehead atoms. The van der Waals surface area contributed by atoms with Gasteiger partial charge in [-0.05, 0) is 25.7 Å². The second kappa shape index (κ2) is 7.59. The fraction of sp³-hybridized carbons (Fsp3) is 0.636. The summed E-state index contributed by atoms with van der Waals surface area (Å²) in [7, 11) is 0. The Labute approximate surface area is 71.0 Å². The van der Waals surface area contributed by atoms with Crippen molar-refractivity contribution >= 4 is 0 Å². The van der Waals surface area contributed by atoms with Gasteiger partial charge in [0.2, 0.25) is 0 Å². The quantitative estimate of drug-likeness (QED) is 0.534. The van der Waals surface area contributed by atoms with Crippen molar-refractivity contribution in [3.8, 4) is 0 Å². The van der Waals surface area contributed by atoms with Crippen LogP contribution in [0.3, 0.4) is 0 Å². The maximum atomic E-state index is 3.55. The van der Waals surface area contributed by atoms with Crippen LogP contribution in [0.5, 0.6) is 0 Å². The number of hydrogen-bond donors (Lipinski definition) is 0. The highest BCUT2D eigenvalue weighted by molar-refractivity contribution is 5.15. The normalized spacial score (nSPS) is 13.1. The molecule has 1 fully saturated rings. The van der Waals surface area contributed by atoms with Gasteiger partial charge in [-0.2, -0.15) is 0 Å². The lowest BCUT2D eigenvalue weighted by Gasteiger charge is -1.72. The van der Waals surface area contributed by atoms with E-state index in [2.05, 4.69) is 26.5 Å². The highest BCUT2D eigenvalue weighted by Gasteiger charge is 2.07. The van der Waals surface area contributed by atoms with Gasteiger partial charge in [-0.1, -0.05) is 38.0 Å². The Morgan fingerprint density at radius 2 is 2.00 bits per heavy atom. The lowest BCUT2D eigenvalue weighted by atomic mass is 10.3. The molecule has 0 heteroatoms. The molecular formula is C11H20. The number of unbranched alkanes of at least 4 members (excludes halogenated alkanes) is 1. The minimum atomic E-state index is 1.15. The first-order valence-electron chi connectivity index (χ1n) is 4.63. The molecule has 1 aliphatic carbocycles. The molecule has 0 unspecified atom stereocenters. The molecule has 0 saturated heterocycles. The molecule has 0 aromatic rings. The maximum absolute atomic E-state index is 3.55. The summed E-state index contributed by atoms with van der Waals surface area (Å²) in [5.74, 6) is 0. The van der Waals surface area contributed by atoms with Crippen molar-refractivity contribution in [3.63, 3.8) is 0 Å². The van der Waals surface area contributed by atoms with E-state index in [-0.39, 0.29) is 0 Å². The summed E-state index contributed by atoms with van der Waals surface area (Å²) >= 11 is 0. The maximum Gasteiger partial charge on any atom is -0.0283 e. The van der Waals surface area contributed by atoms with Crippen LogP contribution < -0.4 is 0 Å². The van der Waals surface area contributed by atoms with Crippen molar-refractivity contribution in [1.29, 1.82) is 0 Å². The van der Waals surface area contributed by atoms with Gasteiger partial charge in [0, 0.05) is 0 Å². The topological polar surface area (TPSA) is 0 Å². The second-order valence-corrected chi connectivity index (χ2v) is 2.85. The minimum Gasteiger partial charge on any atom is -0.103 e. The van der Waals surface area contributed by atoms with Crippen LogP contribution in [0.4, 0.5) is 0 Å². The summed E-state index contributed by atoms with van der Waals surface area (Å²) in [6.45, 7) is 7.88. The first-order valence-corrected chi connectivity index (χ1v) is 4.63. The summed E-state index contributed by atoms with van der Waals surface area (Å²) in [4.78, 5) is 0. The third kappa shape index (κ3) is 9.48. The number of allylic oxidation sites excluding steroid dienone is 3. The van der Waals surface area contributed by atoms with E-state index in [9.17, 15) is 0 Å². The molecule has 0 nitrogen and oxygen atoms in total. The zero-order valence-electron chi connectivity index (χ0n) is 7.90. The highest BCUT2D eigenvalue weighted by atomic mass is 14.1. The zero-order chi connectivity index (χ0) is 8.53. The van der Waals surface area contributed by atoms with Crippen LogP contribution in [0, 0.1) is 0 Å². The molecule has 0 aromatic heterocycles. The van der Waals surface area contributed by atoms with Gasteiger partial charge in [0.05, 0.1) is 0 Å². The van der Waals surface area contributed by atoms with Gasteiger partial charge in [0.1, 0.15) is 0 Å². The lowest BCUT2D eigenvalue weighted by Crippen LogP contribution is -1.52. The van der Waals surface area contributed by atoms with E-state index in [0.29, 0.717) is 0 Å². The molecule has 0 aromatic carbocycles. The van der Waals surface area contributed by atoms with Crippen LogP contribution in [0.2, 0.25) is 0 Å². The molecule has 0 heterocycles. The first-order chi connectivity index (χ1) is 5.35. The highest BCUT2D eigenvalue weighted by Crippen LogP contribution is 2.27. The SMILES string of the molecule is C=CCCC.CCC=C1CC1. The summed E-state index contributed by atoms with van der Waals surface area (Å²) < 4.78 is 0. The Hall–Kier alpha value is -0.520. The van der Waals surface area contributed by atoms with E-state index in [4.69, 9.17) is 0 Å². The van der Waals surface area contributed by atoms with Crippen LogP contribution in [-0.2, 0) is 0 Å². The van der Waals surface area contributed by atoms with Crippen molar-refractivity contribution in [2.24, 2.45) is 0 Å². The average molecular weight is 152 g/mol. The molecule has 11 heavy (non-hydrogen) atoms. The molecule has 1 aliphatic rings. The van der Waals surface area contributed by atoms with E-state index in [1.807, 2.05) is 6.08 Å². The smallest absolute Gasteiger partial charge is 0.0283 e. The molecule has 0 spiro atoms. The van der Waals surface area contributed by atoms with Crippen LogP contribution in [-0.4, -0.2) is 0 Å². The summed E-state index contributed by atoms with van der Waals surface area (Å²) in [6.07, 6.45) is 10.6. The van der Waals surface area contributed by atoms with Gasteiger partial charge in [0.15, 0.2) is 0 Å². The summed E-state index contributed by atoms with van der Waals surface area (Å²) in [6, 6.07) is 0. The molecular weight excluding hydrogens is 132 g/mol. The van der Waals surface area contributed by atoms with E-state index >= 15 is 0 Å². The van der Waals surface area contributed by atoms with Crippen molar-refractivity contribution in [2.45, 2.75) is 46.0 Å². The van der Waals surface area contributed by atoms with Crippen molar-refractivity contribution in [2.75, 3.05) is 0 Å². The second-order valence-electron chi connectivity index (χ2n) is 2.85. The first kappa shape index (κ1) is 10.5. The molecule has 0 atom stereocenters. The van der Waals surface area contributed by atoms with Gasteiger partial charge in [-0.25, -0.2) is 0 Å². The number of rotatable bonds is 3. The van der Waals surface area contributed by atoms with Gasteiger partial charge < -0.3 is 0 Å². The van der Waals surface area contributed by atoms with E-state index in [0.717, 1.165) is 6.42 Å². The van der Waals surface area contributed by atoms with Gasteiger partial charge in [0.25, 0.3) is 0 Å². The third-order valence-corrected chi connectivity index (χ3v) is 1.52. The fourth-order valence-electron chi connectivity index (χ4n) is 0.769. The molecule has 0 aliphatic heterocycles. The van der Waals surface area contributed by atoms with Crippen molar-refractivity contribution in [1.82, 2.24) is 0 Å². The minimum absolute atomic E-state index is 1.15. The fourth-order valence-corrected chi connectivity index (χ4v) is 0.769. The standard InChI is InChI=1S/C6H10.C5H10/c1-2-3-6-4-5-6;1-3-5-4-2/h3H,2,4-5H2,1H3;3H,1,4-5H2,2H3. The molecule has 1 saturated carbocycles. The summed E-state index contributed by atoms with van der Waals surface area (Å²) in [5, 5.41) is 0. The van der Waals surface area contributed by atoms with Crippen LogP contribution >= 0.6 is 0 Å².